The molecule has 0 N–H and O–H groups in total. The first-order chi connectivity index (χ1) is 11.8. The minimum absolute atomic E-state index is 0.708. The van der Waals surface area contributed by atoms with Crippen LogP contribution in [0.4, 0.5) is 0 Å². The van der Waals surface area contributed by atoms with Crippen LogP contribution < -0.4 is 0 Å². The van der Waals surface area contributed by atoms with Crippen LogP contribution in [-0.2, 0) is 30.9 Å². The van der Waals surface area contributed by atoms with E-state index in [0.29, 0.717) is 6.04 Å². The highest BCUT2D eigenvalue weighted by molar-refractivity contribution is 7.72. The van der Waals surface area contributed by atoms with E-state index in [0.717, 1.165) is 25.3 Å². The molecule has 7 nitrogen and oxygen atoms in total. The summed E-state index contributed by atoms with van der Waals surface area (Å²) in [6.45, 7) is 11.3. The van der Waals surface area contributed by atoms with Crippen molar-refractivity contribution in [1.29, 1.82) is 0 Å². The van der Waals surface area contributed by atoms with Crippen LogP contribution >= 0.6 is 0 Å². The van der Waals surface area contributed by atoms with E-state index in [1.165, 1.54) is 0 Å². The second-order valence-corrected chi connectivity index (χ2v) is 46.9. The van der Waals surface area contributed by atoms with E-state index in [1.807, 2.05) is 40.0 Å². The molecule has 0 aliphatic heterocycles. The number of hydrogen-bond acceptors (Lipinski definition) is 7. The third-order valence-corrected chi connectivity index (χ3v) is 58.2. The Morgan fingerprint density at radius 2 is 1.19 bits per heavy atom. The van der Waals surface area contributed by atoms with Gasteiger partial charge in [0.1, 0.15) is 7.59 Å². The van der Waals surface area contributed by atoms with Gasteiger partial charge in [-0.2, -0.15) is 0 Å². The molecule has 0 atom stereocenters. The van der Waals surface area contributed by atoms with E-state index < -0.39 is 62.9 Å². The molecule has 0 bridgehead atoms. The molecular weight excluding hydrogens is 469 g/mol. The van der Waals surface area contributed by atoms with Gasteiger partial charge >= 0.3 is 47.0 Å². The first-order valence-corrected chi connectivity index (χ1v) is 29.4. The highest BCUT2D eigenvalue weighted by Crippen LogP contribution is 2.14. The zero-order valence-corrected chi connectivity index (χ0v) is 24.4. The number of rotatable bonds is 13. The van der Waals surface area contributed by atoms with Crippen LogP contribution in [0.2, 0.25) is 38.3 Å². The van der Waals surface area contributed by atoms with Gasteiger partial charge in [0, 0.05) is 0 Å². The highest BCUT2D eigenvalue weighted by Gasteiger charge is 2.50. The number of hydrogen-bond donors (Lipinski definition) is 0. The molecule has 0 saturated carbocycles. The van der Waals surface area contributed by atoms with Gasteiger partial charge in [-0.1, -0.05) is 52.2 Å². The van der Waals surface area contributed by atoms with Crippen LogP contribution in [0.5, 0.6) is 0 Å². The molecule has 0 aliphatic rings. The predicted molar refractivity (Wildman–Crippen MR) is 110 cm³/mol. The molecule has 26 heavy (non-hydrogen) atoms. The van der Waals surface area contributed by atoms with E-state index in [9.17, 15) is 26.8 Å². The van der Waals surface area contributed by atoms with Crippen LogP contribution in [0, 0.1) is 0 Å². The Hall–Kier alpha value is 0.335. The van der Waals surface area contributed by atoms with E-state index in [1.54, 1.807) is 0 Å². The first kappa shape index (κ1) is 26.3. The SMILES string of the molecule is CCCC[Si](C)(C)[Si](=O)[Si](=O)[Si](=O)[Si](=O)[Si](=O)[Si](=O)O[Si](C)(C)CCC. The lowest BCUT2D eigenvalue weighted by Crippen LogP contribution is -2.55. The van der Waals surface area contributed by atoms with Gasteiger partial charge in [-0.15, -0.1) is 0 Å². The summed E-state index contributed by atoms with van der Waals surface area (Å²) >= 11 is 0. The zero-order chi connectivity index (χ0) is 20.7. The molecule has 0 heterocycles. The Bertz CT molecular complexity index is 630. The van der Waals surface area contributed by atoms with Crippen LogP contribution in [-0.4, -0.2) is 62.9 Å². The quantitative estimate of drug-likeness (QED) is 0.356. The summed E-state index contributed by atoms with van der Waals surface area (Å²) in [5.41, 5.74) is 0. The Morgan fingerprint density at radius 1 is 0.692 bits per heavy atom. The molecule has 0 fully saturated rings. The molecule has 0 aromatic rings. The first-order valence-electron chi connectivity index (χ1n) is 8.75. The van der Waals surface area contributed by atoms with Crippen molar-refractivity contribution in [3.8, 4) is 0 Å². The van der Waals surface area contributed by atoms with Crippen molar-refractivity contribution in [3.63, 3.8) is 0 Å². The predicted octanol–water partition coefficient (Wildman–Crippen LogP) is 1.63. The average Bonchev–Trinajstić information content (AvgIpc) is 2.55. The maximum Gasteiger partial charge on any atom is 0.532 e. The molecule has 0 unspecified atom stereocenters. The maximum atomic E-state index is 12.6. The largest absolute Gasteiger partial charge is 0.578 e. The van der Waals surface area contributed by atoms with Gasteiger partial charge < -0.3 is 30.9 Å². The second-order valence-electron chi connectivity index (χ2n) is 7.53. The Balaban J connectivity index is 5.12. The summed E-state index contributed by atoms with van der Waals surface area (Å²) in [5.74, 6) is 0. The van der Waals surface area contributed by atoms with Crippen molar-refractivity contribution in [2.24, 2.45) is 0 Å². The molecule has 15 heteroatoms. The molecule has 0 amide bonds. The van der Waals surface area contributed by atoms with Gasteiger partial charge in [-0.3, -0.25) is 0 Å². The normalized spacial score (nSPS) is 11.6. The summed E-state index contributed by atoms with van der Waals surface area (Å²) in [6, 6.07) is 1.43. The van der Waals surface area contributed by atoms with E-state index in [2.05, 4.69) is 0 Å². The van der Waals surface area contributed by atoms with Crippen molar-refractivity contribution in [2.45, 2.75) is 71.4 Å². The zero-order valence-electron chi connectivity index (χ0n) is 16.4. The monoisotopic (exact) mass is 496 g/mol. The molecule has 0 radical (unpaired) electrons. The topological polar surface area (TPSA) is 112 Å². The number of unbranched alkanes of at least 4 members (excludes halogenated alkanes) is 1. The average molecular weight is 497 g/mol. The standard InChI is InChI=1S/C11H28O7Si8/c1-7-9-11-26(5,6)24(17)23(16)22(15)21(14)20(13)19(12)18-25(3,4)10-8-2/h7-11H2,1-6H3. The molecule has 0 aromatic heterocycles. The Labute approximate surface area is 164 Å². The Kier molecular flexibility index (Phi) is 11.5. The molecule has 0 aromatic carbocycles. The maximum absolute atomic E-state index is 12.6. The van der Waals surface area contributed by atoms with Crippen molar-refractivity contribution < 1.29 is 30.9 Å². The van der Waals surface area contributed by atoms with Gasteiger partial charge in [0.25, 0.3) is 0 Å². The lowest BCUT2D eigenvalue weighted by molar-refractivity contribution is 0.458. The van der Waals surface area contributed by atoms with Crippen LogP contribution in [0.25, 0.3) is 0 Å². The van der Waals surface area contributed by atoms with Gasteiger partial charge in [-0.25, -0.2) is 0 Å². The van der Waals surface area contributed by atoms with Gasteiger partial charge in [0.05, 0.1) is 0 Å². The summed E-state index contributed by atoms with van der Waals surface area (Å²) in [7, 11) is -23.1. The minimum atomic E-state index is -3.30. The second kappa shape index (κ2) is 11.4. The van der Waals surface area contributed by atoms with E-state index in [4.69, 9.17) is 4.12 Å². The van der Waals surface area contributed by atoms with E-state index in [-0.39, 0.29) is 0 Å². The summed E-state index contributed by atoms with van der Waals surface area (Å²) < 4.78 is 79.8. The minimum Gasteiger partial charge on any atom is -0.578 e. The van der Waals surface area contributed by atoms with Crippen molar-refractivity contribution in [3.05, 3.63) is 0 Å². The van der Waals surface area contributed by atoms with Crippen LogP contribution in [0.3, 0.4) is 0 Å². The molecule has 0 aliphatic carbocycles. The molecular formula is C11H28O7Si8. The van der Waals surface area contributed by atoms with Crippen LogP contribution in [0.1, 0.15) is 33.1 Å². The summed E-state index contributed by atoms with van der Waals surface area (Å²) in [4.78, 5) is 0. The molecule has 0 spiro atoms. The van der Waals surface area contributed by atoms with Crippen molar-refractivity contribution in [2.75, 3.05) is 0 Å². The van der Waals surface area contributed by atoms with Crippen molar-refractivity contribution in [1.82, 2.24) is 0 Å². The summed E-state index contributed by atoms with van der Waals surface area (Å²) in [6.07, 6.45) is 2.60. The fourth-order valence-electron chi connectivity index (χ4n) is 2.39. The fourth-order valence-corrected chi connectivity index (χ4v) is 73.7. The lowest BCUT2D eigenvalue weighted by atomic mass is 10.4. The van der Waals surface area contributed by atoms with Gasteiger partial charge in [0.2, 0.25) is 8.32 Å². The van der Waals surface area contributed by atoms with Crippen LogP contribution in [0.15, 0.2) is 0 Å². The molecule has 146 valence electrons. The lowest BCUT2D eigenvalue weighted by Gasteiger charge is -2.21. The highest BCUT2D eigenvalue weighted by atomic mass is 30.0. The van der Waals surface area contributed by atoms with Gasteiger partial charge in [0.15, 0.2) is 0 Å². The third-order valence-electron chi connectivity index (χ3n) is 4.00. The smallest absolute Gasteiger partial charge is 0.532 e. The fraction of sp³-hybridized carbons (Fsp3) is 1.00. The van der Waals surface area contributed by atoms with E-state index >= 15 is 0 Å². The third kappa shape index (κ3) is 8.14. The van der Waals surface area contributed by atoms with Gasteiger partial charge in [-0.05, 0) is 19.1 Å². The van der Waals surface area contributed by atoms with Crippen molar-refractivity contribution >= 4 is 62.9 Å². The molecule has 0 rings (SSSR count). The molecule has 0 saturated heterocycles. The Morgan fingerprint density at radius 3 is 1.65 bits per heavy atom. The summed E-state index contributed by atoms with van der Waals surface area (Å²) in [5, 5.41) is 0.